The Labute approximate surface area is 123 Å². The molecule has 98 valence electrons. The van der Waals surface area contributed by atoms with Gasteiger partial charge in [0.1, 0.15) is 0 Å². The zero-order chi connectivity index (χ0) is 13.8. The molecule has 1 heterocycles. The minimum absolute atomic E-state index is 0.172. The van der Waals surface area contributed by atoms with Gasteiger partial charge in [0.05, 0.1) is 28.5 Å². The van der Waals surface area contributed by atoms with Crippen LogP contribution in [0.15, 0.2) is 41.0 Å². The fourth-order valence-corrected chi connectivity index (χ4v) is 2.21. The molecule has 19 heavy (non-hydrogen) atoms. The molecule has 0 bridgehead atoms. The molecule has 1 aromatic carbocycles. The minimum Gasteiger partial charge on any atom is -0.478 e. The van der Waals surface area contributed by atoms with Crippen LogP contribution in [0.3, 0.4) is 0 Å². The smallest absolute Gasteiger partial charge is 0.337 e. The summed E-state index contributed by atoms with van der Waals surface area (Å²) >= 11 is 9.41. The Kier molecular flexibility index (Phi) is 4.39. The SMILES string of the molecule is O=C(O)c1ccc(CNc2ccc(Br)cc2Cl)nc1. The van der Waals surface area contributed by atoms with Crippen molar-refractivity contribution in [1.82, 2.24) is 4.98 Å². The first kappa shape index (κ1) is 13.8. The third-order valence-corrected chi connectivity index (χ3v) is 3.27. The number of nitrogens with zero attached hydrogens (tertiary/aromatic N) is 1. The molecule has 1 aromatic heterocycles. The van der Waals surface area contributed by atoms with Crippen molar-refractivity contribution in [3.63, 3.8) is 0 Å². The second kappa shape index (κ2) is 6.04. The van der Waals surface area contributed by atoms with E-state index in [0.29, 0.717) is 11.6 Å². The van der Waals surface area contributed by atoms with Crippen LogP contribution in [0.1, 0.15) is 16.1 Å². The third kappa shape index (κ3) is 3.68. The number of carboxylic acid groups (broad SMARTS) is 1. The zero-order valence-corrected chi connectivity index (χ0v) is 12.1. The lowest BCUT2D eigenvalue weighted by atomic mass is 10.2. The van der Waals surface area contributed by atoms with Crippen LogP contribution >= 0.6 is 27.5 Å². The van der Waals surface area contributed by atoms with E-state index >= 15 is 0 Å². The van der Waals surface area contributed by atoms with E-state index in [4.69, 9.17) is 16.7 Å². The Balaban J connectivity index is 2.04. The fraction of sp³-hybridized carbons (Fsp3) is 0.0769. The number of hydrogen-bond donors (Lipinski definition) is 2. The quantitative estimate of drug-likeness (QED) is 0.888. The number of benzene rings is 1. The summed E-state index contributed by atoms with van der Waals surface area (Å²) in [7, 11) is 0. The second-order valence-electron chi connectivity index (χ2n) is 3.82. The van der Waals surface area contributed by atoms with Crippen LogP contribution < -0.4 is 5.32 Å². The van der Waals surface area contributed by atoms with Gasteiger partial charge in [0, 0.05) is 10.7 Å². The predicted molar refractivity (Wildman–Crippen MR) is 77.7 cm³/mol. The monoisotopic (exact) mass is 340 g/mol. The highest BCUT2D eigenvalue weighted by molar-refractivity contribution is 9.10. The molecule has 0 unspecified atom stereocenters. The van der Waals surface area contributed by atoms with Crippen molar-refractivity contribution in [2.24, 2.45) is 0 Å². The molecule has 2 aromatic rings. The van der Waals surface area contributed by atoms with Crippen LogP contribution in [0.2, 0.25) is 5.02 Å². The average Bonchev–Trinajstić information content (AvgIpc) is 2.38. The van der Waals surface area contributed by atoms with Gasteiger partial charge in [0.25, 0.3) is 0 Å². The van der Waals surface area contributed by atoms with Gasteiger partial charge in [-0.25, -0.2) is 4.79 Å². The first-order valence-electron chi connectivity index (χ1n) is 5.43. The van der Waals surface area contributed by atoms with Crippen LogP contribution in [0.5, 0.6) is 0 Å². The van der Waals surface area contributed by atoms with Crippen molar-refractivity contribution in [2.45, 2.75) is 6.54 Å². The predicted octanol–water partition coefficient (Wildman–Crippen LogP) is 3.81. The third-order valence-electron chi connectivity index (χ3n) is 2.46. The number of rotatable bonds is 4. The maximum absolute atomic E-state index is 10.7. The van der Waals surface area contributed by atoms with E-state index in [1.165, 1.54) is 12.3 Å². The van der Waals surface area contributed by atoms with Gasteiger partial charge in [-0.05, 0) is 30.3 Å². The van der Waals surface area contributed by atoms with E-state index in [9.17, 15) is 4.79 Å². The minimum atomic E-state index is -0.983. The Morgan fingerprint density at radius 3 is 2.74 bits per heavy atom. The normalized spacial score (nSPS) is 10.2. The average molecular weight is 342 g/mol. The highest BCUT2D eigenvalue weighted by Gasteiger charge is 2.04. The number of nitrogens with one attached hydrogen (secondary N) is 1. The molecule has 2 N–H and O–H groups in total. The Bertz CT molecular complexity index is 602. The molecule has 4 nitrogen and oxygen atoms in total. The summed E-state index contributed by atoms with van der Waals surface area (Å²) in [5.41, 5.74) is 1.71. The number of hydrogen-bond acceptors (Lipinski definition) is 3. The summed E-state index contributed by atoms with van der Waals surface area (Å²) in [5.74, 6) is -0.983. The van der Waals surface area contributed by atoms with Crippen LogP contribution in [0.4, 0.5) is 5.69 Å². The van der Waals surface area contributed by atoms with Crippen LogP contribution in [-0.2, 0) is 6.54 Å². The van der Waals surface area contributed by atoms with Crippen molar-refractivity contribution in [2.75, 3.05) is 5.32 Å². The number of aromatic nitrogens is 1. The van der Waals surface area contributed by atoms with Crippen molar-refractivity contribution in [3.05, 3.63) is 57.3 Å². The molecule has 0 radical (unpaired) electrons. The number of halogens is 2. The first-order chi connectivity index (χ1) is 9.06. The van der Waals surface area contributed by atoms with Gasteiger partial charge in [-0.2, -0.15) is 0 Å². The van der Waals surface area contributed by atoms with Gasteiger partial charge in [-0.15, -0.1) is 0 Å². The highest BCUT2D eigenvalue weighted by Crippen LogP contribution is 2.25. The maximum Gasteiger partial charge on any atom is 0.337 e. The largest absolute Gasteiger partial charge is 0.478 e. The molecule has 6 heteroatoms. The van der Waals surface area contributed by atoms with Gasteiger partial charge >= 0.3 is 5.97 Å². The molecule has 0 saturated heterocycles. The van der Waals surface area contributed by atoms with Crippen molar-refractivity contribution >= 4 is 39.2 Å². The second-order valence-corrected chi connectivity index (χ2v) is 5.14. The van der Waals surface area contributed by atoms with E-state index in [1.54, 1.807) is 12.1 Å². The summed E-state index contributed by atoms with van der Waals surface area (Å²) in [4.78, 5) is 14.8. The van der Waals surface area contributed by atoms with Gasteiger partial charge in [-0.3, -0.25) is 4.98 Å². The molecule has 0 fully saturated rings. The van der Waals surface area contributed by atoms with Crippen molar-refractivity contribution < 1.29 is 9.90 Å². The van der Waals surface area contributed by atoms with Gasteiger partial charge < -0.3 is 10.4 Å². The summed E-state index contributed by atoms with van der Waals surface area (Å²) < 4.78 is 0.909. The standard InChI is InChI=1S/C13H10BrClN2O2/c14-9-2-4-12(11(15)5-9)17-7-10-3-1-8(6-16-10)13(18)19/h1-6,17H,7H2,(H,18,19). The molecular formula is C13H10BrClN2O2. The number of carboxylic acids is 1. The molecule has 0 saturated carbocycles. The molecule has 0 aliphatic heterocycles. The topological polar surface area (TPSA) is 62.2 Å². The molecule has 0 aliphatic rings. The lowest BCUT2D eigenvalue weighted by molar-refractivity contribution is 0.0696. The lowest BCUT2D eigenvalue weighted by Crippen LogP contribution is -2.04. The number of aromatic carboxylic acids is 1. The summed E-state index contributed by atoms with van der Waals surface area (Å²) in [5, 5.41) is 12.5. The Morgan fingerprint density at radius 1 is 1.37 bits per heavy atom. The van der Waals surface area contributed by atoms with Crippen LogP contribution in [-0.4, -0.2) is 16.1 Å². The van der Waals surface area contributed by atoms with Gasteiger partial charge in [0.2, 0.25) is 0 Å². The van der Waals surface area contributed by atoms with Gasteiger partial charge in [-0.1, -0.05) is 27.5 Å². The van der Waals surface area contributed by atoms with E-state index in [2.05, 4.69) is 26.2 Å². The molecule has 0 spiro atoms. The Hall–Kier alpha value is -1.59. The zero-order valence-electron chi connectivity index (χ0n) is 9.73. The molecule has 0 aliphatic carbocycles. The molecule has 0 atom stereocenters. The highest BCUT2D eigenvalue weighted by atomic mass is 79.9. The number of anilines is 1. The summed E-state index contributed by atoms with van der Waals surface area (Å²) in [6.45, 7) is 0.473. The number of carbonyl (C=O) groups is 1. The summed E-state index contributed by atoms with van der Waals surface area (Å²) in [6.07, 6.45) is 1.34. The van der Waals surface area contributed by atoms with Crippen LogP contribution in [0, 0.1) is 0 Å². The van der Waals surface area contributed by atoms with E-state index in [-0.39, 0.29) is 5.56 Å². The maximum atomic E-state index is 10.7. The van der Waals surface area contributed by atoms with Crippen LogP contribution in [0.25, 0.3) is 0 Å². The van der Waals surface area contributed by atoms with Crippen molar-refractivity contribution in [3.8, 4) is 0 Å². The Morgan fingerprint density at radius 2 is 2.16 bits per heavy atom. The molecular weight excluding hydrogens is 332 g/mol. The van der Waals surface area contributed by atoms with E-state index in [0.717, 1.165) is 15.9 Å². The number of pyridine rings is 1. The lowest BCUT2D eigenvalue weighted by Gasteiger charge is -2.08. The van der Waals surface area contributed by atoms with E-state index in [1.807, 2.05) is 12.1 Å². The fourth-order valence-electron chi connectivity index (χ4n) is 1.47. The summed E-state index contributed by atoms with van der Waals surface area (Å²) in [6, 6.07) is 8.73. The molecule has 0 amide bonds. The first-order valence-corrected chi connectivity index (χ1v) is 6.60. The molecule has 2 rings (SSSR count). The van der Waals surface area contributed by atoms with Gasteiger partial charge in [0.15, 0.2) is 0 Å². The van der Waals surface area contributed by atoms with Crippen molar-refractivity contribution in [1.29, 1.82) is 0 Å². The van der Waals surface area contributed by atoms with E-state index < -0.39 is 5.97 Å².